The SMILES string of the molecule is CCCCCCCCCC[Si](C)(C)CCC(=O)NC1CCc2ccccc21. The zero-order chi connectivity index (χ0) is 19.5. The molecule has 0 aromatic heterocycles. The first-order valence-electron chi connectivity index (χ1n) is 11.4. The van der Waals surface area contributed by atoms with Gasteiger partial charge in [-0.05, 0) is 30.0 Å². The first kappa shape index (κ1) is 22.2. The van der Waals surface area contributed by atoms with Gasteiger partial charge in [-0.25, -0.2) is 0 Å². The third-order valence-corrected chi connectivity index (χ3v) is 9.51. The number of hydrogen-bond donors (Lipinski definition) is 1. The van der Waals surface area contributed by atoms with Gasteiger partial charge >= 0.3 is 0 Å². The summed E-state index contributed by atoms with van der Waals surface area (Å²) in [4.78, 5) is 12.5. The molecule has 0 radical (unpaired) electrons. The van der Waals surface area contributed by atoms with Crippen molar-refractivity contribution in [3.05, 3.63) is 35.4 Å². The highest BCUT2D eigenvalue weighted by molar-refractivity contribution is 6.77. The van der Waals surface area contributed by atoms with Crippen LogP contribution in [0.5, 0.6) is 0 Å². The summed E-state index contributed by atoms with van der Waals surface area (Å²) in [6.45, 7) is 7.21. The molecule has 0 fully saturated rings. The van der Waals surface area contributed by atoms with Gasteiger partial charge in [-0.2, -0.15) is 0 Å². The van der Waals surface area contributed by atoms with Crippen LogP contribution in [-0.4, -0.2) is 14.0 Å². The van der Waals surface area contributed by atoms with Crippen LogP contribution in [0.1, 0.15) is 88.3 Å². The molecule has 0 saturated carbocycles. The Labute approximate surface area is 168 Å². The minimum Gasteiger partial charge on any atom is -0.349 e. The standard InChI is InChI=1S/C24H41NOSi/c1-4-5-6-7-8-9-10-13-19-27(2,3)20-18-24(26)25-23-17-16-21-14-11-12-15-22(21)23/h11-12,14-15,23H,4-10,13,16-20H2,1-3H3,(H,25,26). The fourth-order valence-corrected chi connectivity index (χ4v) is 6.65. The fraction of sp³-hybridized carbons (Fsp3) is 0.708. The summed E-state index contributed by atoms with van der Waals surface area (Å²) < 4.78 is 0. The average molecular weight is 388 g/mol. The molecule has 27 heavy (non-hydrogen) atoms. The van der Waals surface area contributed by atoms with Crippen LogP contribution >= 0.6 is 0 Å². The molecule has 0 aliphatic heterocycles. The van der Waals surface area contributed by atoms with E-state index in [2.05, 4.69) is 49.6 Å². The van der Waals surface area contributed by atoms with Crippen molar-refractivity contribution < 1.29 is 4.79 Å². The molecule has 1 aromatic carbocycles. The van der Waals surface area contributed by atoms with Gasteiger partial charge in [-0.3, -0.25) is 4.79 Å². The van der Waals surface area contributed by atoms with Crippen LogP contribution < -0.4 is 5.32 Å². The molecule has 1 atom stereocenters. The summed E-state index contributed by atoms with van der Waals surface area (Å²) in [5.41, 5.74) is 2.74. The van der Waals surface area contributed by atoms with Crippen LogP contribution in [-0.2, 0) is 11.2 Å². The number of rotatable bonds is 13. The molecule has 1 unspecified atom stereocenters. The van der Waals surface area contributed by atoms with Gasteiger partial charge in [0.2, 0.25) is 5.91 Å². The van der Waals surface area contributed by atoms with Crippen LogP contribution in [0.4, 0.5) is 0 Å². The molecule has 0 heterocycles. The molecule has 0 saturated heterocycles. The third-order valence-electron chi connectivity index (χ3n) is 6.20. The fourth-order valence-electron chi connectivity index (χ4n) is 4.29. The van der Waals surface area contributed by atoms with Gasteiger partial charge in [-0.15, -0.1) is 0 Å². The highest BCUT2D eigenvalue weighted by Gasteiger charge is 2.25. The van der Waals surface area contributed by atoms with Crippen molar-refractivity contribution in [2.45, 2.75) is 109 Å². The smallest absolute Gasteiger partial charge is 0.220 e. The summed E-state index contributed by atoms with van der Waals surface area (Å²) in [5.74, 6) is 0.258. The molecule has 3 heteroatoms. The van der Waals surface area contributed by atoms with E-state index in [1.165, 1.54) is 68.5 Å². The zero-order valence-corrected chi connectivity index (χ0v) is 19.0. The number of hydrogen-bond acceptors (Lipinski definition) is 1. The highest BCUT2D eigenvalue weighted by atomic mass is 28.3. The molecule has 0 bridgehead atoms. The van der Waals surface area contributed by atoms with Gasteiger partial charge in [0, 0.05) is 14.5 Å². The summed E-state index contributed by atoms with van der Waals surface area (Å²) in [7, 11) is -1.24. The number of amides is 1. The van der Waals surface area contributed by atoms with Crippen LogP contribution in [0.15, 0.2) is 24.3 Å². The van der Waals surface area contributed by atoms with E-state index in [1.54, 1.807) is 0 Å². The molecule has 1 amide bonds. The Balaban J connectivity index is 1.58. The molecule has 1 aliphatic carbocycles. The lowest BCUT2D eigenvalue weighted by molar-refractivity contribution is -0.121. The van der Waals surface area contributed by atoms with Crippen molar-refractivity contribution >= 4 is 14.0 Å². The largest absolute Gasteiger partial charge is 0.349 e. The Morgan fingerprint density at radius 3 is 2.41 bits per heavy atom. The molecule has 1 aliphatic rings. The summed E-state index contributed by atoms with van der Waals surface area (Å²) in [6, 6.07) is 11.3. The lowest BCUT2D eigenvalue weighted by Gasteiger charge is -2.23. The highest BCUT2D eigenvalue weighted by Crippen LogP contribution is 2.31. The van der Waals surface area contributed by atoms with Gasteiger partial charge in [-0.1, -0.05) is 102 Å². The Morgan fingerprint density at radius 2 is 1.67 bits per heavy atom. The Bertz CT molecular complexity index is 569. The minimum absolute atomic E-state index is 0.242. The van der Waals surface area contributed by atoms with E-state index in [0.717, 1.165) is 25.3 Å². The monoisotopic (exact) mass is 387 g/mol. The van der Waals surface area contributed by atoms with Crippen molar-refractivity contribution in [1.82, 2.24) is 5.32 Å². The van der Waals surface area contributed by atoms with Crippen LogP contribution in [0.25, 0.3) is 0 Å². The van der Waals surface area contributed by atoms with E-state index in [9.17, 15) is 4.79 Å². The number of unbranched alkanes of at least 4 members (excludes halogenated alkanes) is 7. The molecule has 1 aromatic rings. The number of carbonyl (C=O) groups excluding carboxylic acids is 1. The van der Waals surface area contributed by atoms with Crippen molar-refractivity contribution in [3.8, 4) is 0 Å². The van der Waals surface area contributed by atoms with Crippen LogP contribution in [0.2, 0.25) is 25.2 Å². The van der Waals surface area contributed by atoms with Crippen molar-refractivity contribution in [2.24, 2.45) is 0 Å². The van der Waals surface area contributed by atoms with E-state index >= 15 is 0 Å². The normalized spacial score (nSPS) is 16.3. The third kappa shape index (κ3) is 8.21. The van der Waals surface area contributed by atoms with Crippen molar-refractivity contribution in [2.75, 3.05) is 0 Å². The van der Waals surface area contributed by atoms with Crippen LogP contribution in [0.3, 0.4) is 0 Å². The van der Waals surface area contributed by atoms with E-state index in [4.69, 9.17) is 0 Å². The van der Waals surface area contributed by atoms with Crippen LogP contribution in [0, 0.1) is 0 Å². The second-order valence-corrected chi connectivity index (χ2v) is 14.6. The van der Waals surface area contributed by atoms with E-state index in [1.807, 2.05) is 0 Å². The topological polar surface area (TPSA) is 29.1 Å². The van der Waals surface area contributed by atoms with Gasteiger partial charge in [0.1, 0.15) is 0 Å². The lowest BCUT2D eigenvalue weighted by atomic mass is 10.1. The van der Waals surface area contributed by atoms with Gasteiger partial charge < -0.3 is 5.32 Å². The van der Waals surface area contributed by atoms with E-state index < -0.39 is 8.07 Å². The maximum Gasteiger partial charge on any atom is 0.220 e. The Hall–Kier alpha value is -1.09. The average Bonchev–Trinajstić information content (AvgIpc) is 3.05. The summed E-state index contributed by atoms with van der Waals surface area (Å²) >= 11 is 0. The molecular weight excluding hydrogens is 346 g/mol. The number of carbonyl (C=O) groups is 1. The molecule has 2 nitrogen and oxygen atoms in total. The molecule has 1 N–H and O–H groups in total. The summed E-state index contributed by atoms with van der Waals surface area (Å²) in [5, 5.41) is 3.29. The van der Waals surface area contributed by atoms with Gasteiger partial charge in [0.25, 0.3) is 0 Å². The van der Waals surface area contributed by atoms with E-state index in [-0.39, 0.29) is 11.9 Å². The minimum atomic E-state index is -1.24. The maximum atomic E-state index is 12.5. The first-order valence-corrected chi connectivity index (χ1v) is 14.8. The van der Waals surface area contributed by atoms with E-state index in [0.29, 0.717) is 0 Å². The zero-order valence-electron chi connectivity index (χ0n) is 18.0. The predicted octanol–water partition coefficient (Wildman–Crippen LogP) is 7.03. The number of benzene rings is 1. The Morgan fingerprint density at radius 1 is 1.00 bits per heavy atom. The van der Waals surface area contributed by atoms with Gasteiger partial charge in [0.05, 0.1) is 6.04 Å². The number of nitrogens with one attached hydrogen (secondary N) is 1. The summed E-state index contributed by atoms with van der Waals surface area (Å²) in [6.07, 6.45) is 14.0. The van der Waals surface area contributed by atoms with Gasteiger partial charge in [0.15, 0.2) is 0 Å². The molecule has 2 rings (SSSR count). The molecule has 152 valence electrons. The molecular formula is C24H41NOSi. The lowest BCUT2D eigenvalue weighted by Crippen LogP contribution is -2.31. The Kier molecular flexibility index (Phi) is 9.61. The first-order chi connectivity index (χ1) is 13.0. The molecule has 0 spiro atoms. The quantitative estimate of drug-likeness (QED) is 0.286. The number of aryl methyl sites for hydroxylation is 1. The second-order valence-electron chi connectivity index (χ2n) is 9.25. The second kappa shape index (κ2) is 11.7. The van der Waals surface area contributed by atoms with Crippen molar-refractivity contribution in [1.29, 1.82) is 0 Å². The predicted molar refractivity (Wildman–Crippen MR) is 120 cm³/mol. The maximum absolute atomic E-state index is 12.5. The number of fused-ring (bicyclic) bond motifs is 1. The van der Waals surface area contributed by atoms with Crippen molar-refractivity contribution in [3.63, 3.8) is 0 Å².